The summed E-state index contributed by atoms with van der Waals surface area (Å²) in [5, 5.41) is 30.9. The molecule has 1 aromatic heterocycles. The van der Waals surface area contributed by atoms with E-state index >= 15 is 0 Å². The lowest BCUT2D eigenvalue weighted by Gasteiger charge is -2.04. The fourth-order valence-electron chi connectivity index (χ4n) is 1.57. The van der Waals surface area contributed by atoms with Crippen molar-refractivity contribution in [3.05, 3.63) is 52.7 Å². The Kier molecular flexibility index (Phi) is 5.43. The van der Waals surface area contributed by atoms with Crippen LogP contribution in [0.3, 0.4) is 0 Å². The molecule has 10 heteroatoms. The van der Waals surface area contributed by atoms with Gasteiger partial charge in [-0.15, -0.1) is 0 Å². The highest BCUT2D eigenvalue weighted by molar-refractivity contribution is 7.99. The summed E-state index contributed by atoms with van der Waals surface area (Å²) in [5.41, 5.74) is 8.08. The highest BCUT2D eigenvalue weighted by Gasteiger charge is 2.15. The summed E-state index contributed by atoms with van der Waals surface area (Å²) < 4.78 is 0. The average Bonchev–Trinajstić information content (AvgIpc) is 2.57. The van der Waals surface area contributed by atoms with Crippen molar-refractivity contribution in [1.29, 1.82) is 10.7 Å². The molecule has 120 valence electrons. The van der Waals surface area contributed by atoms with Crippen molar-refractivity contribution in [2.45, 2.75) is 9.92 Å². The van der Waals surface area contributed by atoms with Crippen LogP contribution in [-0.2, 0) is 0 Å². The van der Waals surface area contributed by atoms with Crippen molar-refractivity contribution in [2.24, 2.45) is 10.8 Å². The second-order valence-corrected chi connectivity index (χ2v) is 5.37. The minimum Gasteiger partial charge on any atom is -0.382 e. The average molecular weight is 341 g/mol. The maximum atomic E-state index is 11.0. The van der Waals surface area contributed by atoms with E-state index < -0.39 is 10.8 Å². The summed E-state index contributed by atoms with van der Waals surface area (Å²) in [6.45, 7) is 0. The quantitative estimate of drug-likeness (QED) is 0.315. The van der Waals surface area contributed by atoms with E-state index in [1.54, 1.807) is 30.3 Å². The molecule has 0 bridgehead atoms. The fourth-order valence-corrected chi connectivity index (χ4v) is 2.43. The molecule has 0 aliphatic carbocycles. The van der Waals surface area contributed by atoms with Crippen LogP contribution in [0.4, 0.5) is 11.4 Å². The van der Waals surface area contributed by atoms with Crippen LogP contribution in [0.1, 0.15) is 0 Å². The van der Waals surface area contributed by atoms with Crippen molar-refractivity contribution >= 4 is 34.7 Å². The number of hydrazone groups is 1. The molecule has 0 radical (unpaired) electrons. The van der Waals surface area contributed by atoms with Gasteiger partial charge < -0.3 is 5.73 Å². The number of rotatable bonds is 6. The van der Waals surface area contributed by atoms with Crippen LogP contribution in [-0.4, -0.2) is 21.5 Å². The first-order valence-electron chi connectivity index (χ1n) is 6.47. The van der Waals surface area contributed by atoms with E-state index in [-0.39, 0.29) is 11.4 Å². The Morgan fingerprint density at radius 3 is 2.71 bits per heavy atom. The SMILES string of the molecule is N#C/C(=N\Nc1ccc(Sc2ncccc2[N+](=O)[O-])cc1)C(=N)N. The molecule has 2 rings (SSSR count). The maximum Gasteiger partial charge on any atom is 0.301 e. The number of nitrogens with one attached hydrogen (secondary N) is 2. The van der Waals surface area contributed by atoms with Crippen LogP contribution in [0, 0.1) is 26.9 Å². The van der Waals surface area contributed by atoms with Crippen molar-refractivity contribution < 1.29 is 4.92 Å². The Hall–Kier alpha value is -3.45. The van der Waals surface area contributed by atoms with Gasteiger partial charge in [0, 0.05) is 17.2 Å². The van der Waals surface area contributed by atoms with E-state index in [0.717, 1.165) is 16.7 Å². The minimum atomic E-state index is -0.481. The number of hydrogen-bond donors (Lipinski definition) is 3. The molecular weight excluding hydrogens is 330 g/mol. The van der Waals surface area contributed by atoms with Crippen LogP contribution < -0.4 is 11.2 Å². The summed E-state index contributed by atoms with van der Waals surface area (Å²) in [5.74, 6) is -0.431. The van der Waals surface area contributed by atoms with Gasteiger partial charge in [-0.3, -0.25) is 20.9 Å². The fraction of sp³-hybridized carbons (Fsp3) is 0. The molecular formula is C14H11N7O2S. The summed E-state index contributed by atoms with van der Waals surface area (Å²) in [4.78, 5) is 15.3. The Bertz CT molecular complexity index is 843. The monoisotopic (exact) mass is 341 g/mol. The van der Waals surface area contributed by atoms with Crippen molar-refractivity contribution in [3.8, 4) is 6.07 Å². The Balaban J connectivity index is 2.12. The van der Waals surface area contributed by atoms with Gasteiger partial charge in [0.1, 0.15) is 6.07 Å². The first-order chi connectivity index (χ1) is 11.5. The first kappa shape index (κ1) is 16.9. The molecule has 1 heterocycles. The maximum absolute atomic E-state index is 11.0. The lowest BCUT2D eigenvalue weighted by atomic mass is 10.3. The zero-order valence-electron chi connectivity index (χ0n) is 12.1. The summed E-state index contributed by atoms with van der Waals surface area (Å²) in [6, 6.07) is 11.4. The number of nitrogens with zero attached hydrogens (tertiary/aromatic N) is 4. The zero-order valence-corrected chi connectivity index (χ0v) is 12.9. The van der Waals surface area contributed by atoms with Crippen LogP contribution >= 0.6 is 11.8 Å². The summed E-state index contributed by atoms with van der Waals surface area (Å²) in [7, 11) is 0. The van der Waals surface area contributed by atoms with E-state index in [1.807, 2.05) is 0 Å². The number of hydrogen-bond acceptors (Lipinski definition) is 8. The Labute approximate surface area is 140 Å². The summed E-state index contributed by atoms with van der Waals surface area (Å²) in [6.07, 6.45) is 1.49. The van der Waals surface area contributed by atoms with Crippen LogP contribution in [0.25, 0.3) is 0 Å². The molecule has 0 unspecified atom stereocenters. The van der Waals surface area contributed by atoms with Gasteiger partial charge in [-0.05, 0) is 30.3 Å². The number of amidine groups is 1. The van der Waals surface area contributed by atoms with Gasteiger partial charge in [-0.2, -0.15) is 10.4 Å². The van der Waals surface area contributed by atoms with Crippen molar-refractivity contribution in [2.75, 3.05) is 5.43 Å². The van der Waals surface area contributed by atoms with E-state index in [4.69, 9.17) is 16.4 Å². The van der Waals surface area contributed by atoms with E-state index in [2.05, 4.69) is 15.5 Å². The molecule has 0 saturated carbocycles. The first-order valence-corrected chi connectivity index (χ1v) is 7.28. The van der Waals surface area contributed by atoms with Crippen LogP contribution in [0.5, 0.6) is 0 Å². The second-order valence-electron chi connectivity index (χ2n) is 4.31. The van der Waals surface area contributed by atoms with Crippen molar-refractivity contribution in [1.82, 2.24) is 4.98 Å². The molecule has 24 heavy (non-hydrogen) atoms. The third-order valence-electron chi connectivity index (χ3n) is 2.67. The smallest absolute Gasteiger partial charge is 0.301 e. The van der Waals surface area contributed by atoms with Gasteiger partial charge in [0.2, 0.25) is 5.71 Å². The third kappa shape index (κ3) is 4.28. The highest BCUT2D eigenvalue weighted by atomic mass is 32.2. The number of aromatic nitrogens is 1. The van der Waals surface area contributed by atoms with Crippen LogP contribution in [0.2, 0.25) is 0 Å². The number of nitrogens with two attached hydrogens (primary N) is 1. The third-order valence-corrected chi connectivity index (χ3v) is 3.69. The zero-order chi connectivity index (χ0) is 17.5. The topological polar surface area (TPSA) is 154 Å². The van der Waals surface area contributed by atoms with Crippen molar-refractivity contribution in [3.63, 3.8) is 0 Å². The summed E-state index contributed by atoms with van der Waals surface area (Å²) >= 11 is 1.16. The predicted molar refractivity (Wildman–Crippen MR) is 90.0 cm³/mol. The lowest BCUT2D eigenvalue weighted by molar-refractivity contribution is -0.388. The van der Waals surface area contributed by atoms with Gasteiger partial charge in [0.15, 0.2) is 10.9 Å². The molecule has 1 aromatic carbocycles. The van der Waals surface area contributed by atoms with Gasteiger partial charge in [0.05, 0.1) is 10.6 Å². The predicted octanol–water partition coefficient (Wildman–Crippen LogP) is 2.37. The van der Waals surface area contributed by atoms with Gasteiger partial charge in [-0.25, -0.2) is 4.98 Å². The van der Waals surface area contributed by atoms with E-state index in [1.165, 1.54) is 18.3 Å². The van der Waals surface area contributed by atoms with Gasteiger partial charge in [-0.1, -0.05) is 11.8 Å². The standard InChI is InChI=1S/C14H11N7O2S/c15-8-11(13(16)17)20-19-9-3-5-10(6-4-9)24-14-12(21(22)23)2-1-7-18-14/h1-7,19H,(H3,16,17)/b20-11+. The normalized spacial score (nSPS) is 10.7. The number of pyridine rings is 1. The van der Waals surface area contributed by atoms with Crippen LogP contribution in [0.15, 0.2) is 57.6 Å². The Morgan fingerprint density at radius 2 is 2.12 bits per heavy atom. The largest absolute Gasteiger partial charge is 0.382 e. The number of benzene rings is 1. The molecule has 4 N–H and O–H groups in total. The van der Waals surface area contributed by atoms with Gasteiger partial charge >= 0.3 is 5.69 Å². The lowest BCUT2D eigenvalue weighted by Crippen LogP contribution is -2.21. The molecule has 9 nitrogen and oxygen atoms in total. The number of anilines is 1. The molecule has 0 spiro atoms. The molecule has 0 aliphatic rings. The highest BCUT2D eigenvalue weighted by Crippen LogP contribution is 2.33. The molecule has 2 aromatic rings. The molecule has 0 saturated heterocycles. The molecule has 0 fully saturated rings. The number of nitriles is 1. The minimum absolute atomic E-state index is 0.0607. The molecule has 0 aliphatic heterocycles. The number of nitro groups is 1. The van der Waals surface area contributed by atoms with E-state index in [9.17, 15) is 10.1 Å². The Morgan fingerprint density at radius 1 is 1.42 bits per heavy atom. The van der Waals surface area contributed by atoms with Gasteiger partial charge in [0.25, 0.3) is 0 Å². The second kappa shape index (κ2) is 7.70. The van der Waals surface area contributed by atoms with E-state index in [0.29, 0.717) is 10.7 Å². The molecule has 0 amide bonds. The molecule has 0 atom stereocenters.